The molecule has 100 valence electrons. The summed E-state index contributed by atoms with van der Waals surface area (Å²) < 4.78 is 37.2. The lowest BCUT2D eigenvalue weighted by Crippen LogP contribution is -2.03. The molecule has 1 aromatic heterocycles. The van der Waals surface area contributed by atoms with Gasteiger partial charge in [0.2, 0.25) is 0 Å². The Bertz CT molecular complexity index is 585. The Kier molecular flexibility index (Phi) is 3.61. The number of alkyl halides is 3. The average molecular weight is 286 g/mol. The largest absolute Gasteiger partial charge is 0.481 e. The zero-order chi connectivity index (χ0) is 14.0. The lowest BCUT2D eigenvalue weighted by molar-refractivity contribution is -0.138. The van der Waals surface area contributed by atoms with E-state index >= 15 is 0 Å². The van der Waals surface area contributed by atoms with E-state index in [0.717, 1.165) is 17.0 Å². The number of aliphatic carboxylic acids is 1. The number of rotatable bonds is 3. The molecule has 1 aromatic carbocycles. The van der Waals surface area contributed by atoms with Gasteiger partial charge in [-0.25, -0.2) is 0 Å². The van der Waals surface area contributed by atoms with E-state index < -0.39 is 17.7 Å². The van der Waals surface area contributed by atoms with Crippen molar-refractivity contribution < 1.29 is 23.1 Å². The summed E-state index contributed by atoms with van der Waals surface area (Å²) in [5.74, 6) is -0.930. The second kappa shape index (κ2) is 5.05. The van der Waals surface area contributed by atoms with Crippen LogP contribution < -0.4 is 0 Å². The molecule has 0 amide bonds. The molecule has 0 fully saturated rings. The summed E-state index contributed by atoms with van der Waals surface area (Å²) in [7, 11) is 0. The number of carboxylic acid groups (broad SMARTS) is 1. The van der Waals surface area contributed by atoms with Crippen LogP contribution in [-0.2, 0) is 17.4 Å². The van der Waals surface area contributed by atoms with Crippen molar-refractivity contribution in [1.82, 2.24) is 0 Å². The van der Waals surface area contributed by atoms with Crippen LogP contribution in [0.1, 0.15) is 10.4 Å². The van der Waals surface area contributed by atoms with Gasteiger partial charge < -0.3 is 5.11 Å². The fourth-order valence-electron chi connectivity index (χ4n) is 1.60. The minimum absolute atomic E-state index is 0.0781. The smallest absolute Gasteiger partial charge is 0.416 e. The number of carboxylic acids is 1. The molecule has 2 nitrogen and oxygen atoms in total. The average Bonchev–Trinajstić information content (AvgIpc) is 2.75. The number of thiophene rings is 1. The van der Waals surface area contributed by atoms with Crippen LogP contribution in [0.25, 0.3) is 10.4 Å². The van der Waals surface area contributed by atoms with Gasteiger partial charge >= 0.3 is 12.1 Å². The Hall–Kier alpha value is -1.82. The second-order valence-electron chi connectivity index (χ2n) is 3.91. The molecule has 0 aliphatic heterocycles. The van der Waals surface area contributed by atoms with Gasteiger partial charge in [-0.05, 0) is 29.8 Å². The molecule has 0 aliphatic rings. The zero-order valence-corrected chi connectivity index (χ0v) is 10.4. The predicted molar refractivity (Wildman–Crippen MR) is 66.1 cm³/mol. The van der Waals surface area contributed by atoms with E-state index in [1.165, 1.54) is 23.5 Å². The summed E-state index contributed by atoms with van der Waals surface area (Å²) in [5.41, 5.74) is -0.0480. The first-order chi connectivity index (χ1) is 8.86. The third-order valence-electron chi connectivity index (χ3n) is 2.48. The van der Waals surface area contributed by atoms with Crippen LogP contribution in [0.2, 0.25) is 0 Å². The highest BCUT2D eigenvalue weighted by Gasteiger charge is 2.29. The standard InChI is InChI=1S/C13H9F3O2S/c14-13(15,16)9-3-1-8(2-4-9)11-6-5-10(19-11)7-12(17)18/h1-6H,7H2,(H,17,18). The van der Waals surface area contributed by atoms with Crippen molar-refractivity contribution in [2.75, 3.05) is 0 Å². The summed E-state index contributed by atoms with van der Waals surface area (Å²) >= 11 is 1.27. The molecule has 0 bridgehead atoms. The number of hydrogen-bond donors (Lipinski definition) is 1. The number of halogens is 3. The Balaban J connectivity index is 2.23. The first-order valence-corrected chi connectivity index (χ1v) is 6.16. The Morgan fingerprint density at radius 3 is 2.26 bits per heavy atom. The van der Waals surface area contributed by atoms with Crippen LogP contribution in [-0.4, -0.2) is 11.1 Å². The van der Waals surface area contributed by atoms with E-state index in [2.05, 4.69) is 0 Å². The van der Waals surface area contributed by atoms with E-state index in [-0.39, 0.29) is 6.42 Å². The van der Waals surface area contributed by atoms with Gasteiger partial charge in [-0.3, -0.25) is 4.79 Å². The van der Waals surface area contributed by atoms with Gasteiger partial charge in [0.1, 0.15) is 0 Å². The molecule has 0 aliphatic carbocycles. The predicted octanol–water partition coefficient (Wildman–Crippen LogP) is 4.06. The maximum Gasteiger partial charge on any atom is 0.416 e. The van der Waals surface area contributed by atoms with Crippen molar-refractivity contribution in [3.8, 4) is 10.4 Å². The van der Waals surface area contributed by atoms with E-state index in [1.54, 1.807) is 12.1 Å². The fourth-order valence-corrected chi connectivity index (χ4v) is 2.60. The number of hydrogen-bond acceptors (Lipinski definition) is 2. The first kappa shape index (κ1) is 13.6. The zero-order valence-electron chi connectivity index (χ0n) is 9.57. The molecule has 2 rings (SSSR count). The molecule has 0 atom stereocenters. The van der Waals surface area contributed by atoms with Gasteiger partial charge in [0.05, 0.1) is 12.0 Å². The topological polar surface area (TPSA) is 37.3 Å². The molecule has 0 saturated heterocycles. The van der Waals surface area contributed by atoms with Crippen LogP contribution in [0.4, 0.5) is 13.2 Å². The van der Waals surface area contributed by atoms with Gasteiger partial charge in [-0.15, -0.1) is 11.3 Å². The van der Waals surface area contributed by atoms with Crippen LogP contribution in [0, 0.1) is 0 Å². The first-order valence-electron chi connectivity index (χ1n) is 5.34. The van der Waals surface area contributed by atoms with E-state index in [0.29, 0.717) is 10.4 Å². The van der Waals surface area contributed by atoms with Crippen molar-refractivity contribution in [3.63, 3.8) is 0 Å². The Morgan fingerprint density at radius 2 is 1.74 bits per heavy atom. The second-order valence-corrected chi connectivity index (χ2v) is 5.08. The fraction of sp³-hybridized carbons (Fsp3) is 0.154. The van der Waals surface area contributed by atoms with Crippen LogP contribution >= 0.6 is 11.3 Å². The van der Waals surface area contributed by atoms with Gasteiger partial charge in [0, 0.05) is 9.75 Å². The number of carbonyl (C=O) groups is 1. The lowest BCUT2D eigenvalue weighted by atomic mass is 10.1. The highest BCUT2D eigenvalue weighted by Crippen LogP contribution is 2.33. The van der Waals surface area contributed by atoms with Crippen LogP contribution in [0.3, 0.4) is 0 Å². The summed E-state index contributed by atoms with van der Waals surface area (Å²) in [6, 6.07) is 8.20. The molecule has 0 saturated carbocycles. The van der Waals surface area contributed by atoms with Gasteiger partial charge in [-0.1, -0.05) is 12.1 Å². The van der Waals surface area contributed by atoms with E-state index in [9.17, 15) is 18.0 Å². The van der Waals surface area contributed by atoms with Crippen LogP contribution in [0.5, 0.6) is 0 Å². The summed E-state index contributed by atoms with van der Waals surface area (Å²) in [6.07, 6.45) is -4.42. The Morgan fingerprint density at radius 1 is 1.11 bits per heavy atom. The molecule has 2 aromatic rings. The van der Waals surface area contributed by atoms with E-state index in [4.69, 9.17) is 5.11 Å². The number of benzene rings is 1. The summed E-state index contributed by atoms with van der Waals surface area (Å²) in [5, 5.41) is 8.65. The maximum atomic E-state index is 12.4. The van der Waals surface area contributed by atoms with Gasteiger partial charge in [-0.2, -0.15) is 13.2 Å². The Labute approximate surface area is 111 Å². The third kappa shape index (κ3) is 3.35. The molecule has 0 unspecified atom stereocenters. The van der Waals surface area contributed by atoms with Crippen molar-refractivity contribution >= 4 is 17.3 Å². The van der Waals surface area contributed by atoms with E-state index in [1.807, 2.05) is 0 Å². The minimum atomic E-state index is -4.34. The van der Waals surface area contributed by atoms with Crippen molar-refractivity contribution in [2.45, 2.75) is 12.6 Å². The highest BCUT2D eigenvalue weighted by atomic mass is 32.1. The minimum Gasteiger partial charge on any atom is -0.481 e. The molecule has 6 heteroatoms. The monoisotopic (exact) mass is 286 g/mol. The summed E-state index contributed by atoms with van der Waals surface area (Å²) in [6.45, 7) is 0. The van der Waals surface area contributed by atoms with Gasteiger partial charge in [0.15, 0.2) is 0 Å². The van der Waals surface area contributed by atoms with Gasteiger partial charge in [0.25, 0.3) is 0 Å². The van der Waals surface area contributed by atoms with Crippen LogP contribution in [0.15, 0.2) is 36.4 Å². The van der Waals surface area contributed by atoms with Crippen molar-refractivity contribution in [1.29, 1.82) is 0 Å². The van der Waals surface area contributed by atoms with Crippen molar-refractivity contribution in [3.05, 3.63) is 46.8 Å². The third-order valence-corrected chi connectivity index (χ3v) is 3.62. The molecule has 0 radical (unpaired) electrons. The molecule has 1 heterocycles. The molecule has 1 N–H and O–H groups in total. The maximum absolute atomic E-state index is 12.4. The molecular formula is C13H9F3O2S. The van der Waals surface area contributed by atoms with Crippen molar-refractivity contribution in [2.24, 2.45) is 0 Å². The molecule has 0 spiro atoms. The summed E-state index contributed by atoms with van der Waals surface area (Å²) in [4.78, 5) is 12.0. The molecular weight excluding hydrogens is 277 g/mol. The normalized spacial score (nSPS) is 11.5. The lowest BCUT2D eigenvalue weighted by Gasteiger charge is -2.06. The molecule has 19 heavy (non-hydrogen) atoms. The SMILES string of the molecule is O=C(O)Cc1ccc(-c2ccc(C(F)(F)F)cc2)s1. The quantitative estimate of drug-likeness (QED) is 0.923. The highest BCUT2D eigenvalue weighted by molar-refractivity contribution is 7.15.